The van der Waals surface area contributed by atoms with E-state index in [1.165, 1.54) is 32.1 Å². The number of aromatic nitrogens is 6. The van der Waals surface area contributed by atoms with Crippen LogP contribution >= 0.6 is 0 Å². The van der Waals surface area contributed by atoms with Crippen LogP contribution in [0, 0.1) is 5.92 Å². The summed E-state index contributed by atoms with van der Waals surface area (Å²) in [4.78, 5) is 22.3. The molecule has 1 saturated heterocycles. The zero-order chi connectivity index (χ0) is 27.1. The van der Waals surface area contributed by atoms with Crippen LogP contribution in [-0.4, -0.2) is 68.3 Å². The Hall–Kier alpha value is -4.24. The fourth-order valence-corrected chi connectivity index (χ4v) is 6.10. The molecule has 0 unspecified atom stereocenters. The molecular weight excluding hydrogens is 498 g/mol. The van der Waals surface area contributed by atoms with E-state index in [0.717, 1.165) is 87.8 Å². The highest BCUT2D eigenvalue weighted by Crippen LogP contribution is 2.34. The van der Waals surface area contributed by atoms with Gasteiger partial charge in [0.1, 0.15) is 11.5 Å². The molecule has 5 aromatic rings. The number of rotatable bonds is 6. The van der Waals surface area contributed by atoms with Crippen LogP contribution in [0.5, 0.6) is 0 Å². The molecule has 0 aromatic carbocycles. The third kappa shape index (κ3) is 4.70. The molecule has 0 spiro atoms. The number of H-pyrrole nitrogens is 2. The number of pyridine rings is 3. The van der Waals surface area contributed by atoms with Crippen LogP contribution < -0.4 is 10.2 Å². The summed E-state index contributed by atoms with van der Waals surface area (Å²) in [5, 5.41) is 13.5. The summed E-state index contributed by atoms with van der Waals surface area (Å²) < 4.78 is 0. The SMILES string of the molecule is C=C(Nc1cncc(-c2cc3c(-c4cc5c(N6CCN(C)CC6)nccc5[nH]4)n[nH]c3cn2)c1)C1CCCCC1. The number of likely N-dealkylation sites (N-methyl/N-ethyl adjacent to an activating group) is 1. The predicted molar refractivity (Wildman–Crippen MR) is 161 cm³/mol. The summed E-state index contributed by atoms with van der Waals surface area (Å²) in [6.45, 7) is 8.35. The van der Waals surface area contributed by atoms with E-state index in [1.54, 1.807) is 0 Å². The van der Waals surface area contributed by atoms with Gasteiger partial charge in [0.2, 0.25) is 0 Å². The average Bonchev–Trinajstić information content (AvgIpc) is 3.62. The van der Waals surface area contributed by atoms with Gasteiger partial charge in [-0.1, -0.05) is 25.8 Å². The molecule has 7 rings (SSSR count). The first kappa shape index (κ1) is 24.8. The monoisotopic (exact) mass is 533 g/mol. The molecule has 204 valence electrons. The number of nitrogens with zero attached hydrogens (tertiary/aromatic N) is 6. The van der Waals surface area contributed by atoms with Gasteiger partial charge < -0.3 is 20.1 Å². The molecule has 1 aliphatic carbocycles. The van der Waals surface area contributed by atoms with E-state index < -0.39 is 0 Å². The van der Waals surface area contributed by atoms with Crippen molar-refractivity contribution in [2.24, 2.45) is 5.92 Å². The van der Waals surface area contributed by atoms with Gasteiger partial charge in [0.05, 0.1) is 40.5 Å². The number of anilines is 2. The van der Waals surface area contributed by atoms with E-state index in [0.29, 0.717) is 5.92 Å². The van der Waals surface area contributed by atoms with Crippen molar-refractivity contribution in [1.29, 1.82) is 0 Å². The maximum absolute atomic E-state index is 4.75. The van der Waals surface area contributed by atoms with Gasteiger partial charge in [0.15, 0.2) is 0 Å². The third-order valence-corrected chi connectivity index (χ3v) is 8.47. The van der Waals surface area contributed by atoms with Crippen LogP contribution in [0.2, 0.25) is 0 Å². The standard InChI is InChI=1S/C31H35N9/c1-20(21-6-4-3-5-7-21)35-23-14-22(17-32-18-23)27-15-24-29(19-34-27)37-38-30(24)28-16-25-26(36-28)8-9-33-31(25)40-12-10-39(2)11-13-40/h8-9,14-19,21,35-36H,1,3-7,10-13H2,2H3,(H,37,38). The number of aromatic amines is 2. The van der Waals surface area contributed by atoms with Crippen molar-refractivity contribution < 1.29 is 0 Å². The predicted octanol–water partition coefficient (Wildman–Crippen LogP) is 5.82. The number of fused-ring (bicyclic) bond motifs is 2. The van der Waals surface area contributed by atoms with Gasteiger partial charge in [0, 0.05) is 60.6 Å². The van der Waals surface area contributed by atoms with Gasteiger partial charge in [-0.25, -0.2) is 4.98 Å². The maximum Gasteiger partial charge on any atom is 0.138 e. The largest absolute Gasteiger partial charge is 0.358 e. The zero-order valence-corrected chi connectivity index (χ0v) is 23.0. The summed E-state index contributed by atoms with van der Waals surface area (Å²) in [7, 11) is 2.17. The molecule has 1 saturated carbocycles. The number of allylic oxidation sites excluding steroid dienone is 1. The highest BCUT2D eigenvalue weighted by molar-refractivity contribution is 5.99. The normalized spacial score (nSPS) is 17.1. The molecule has 2 aliphatic rings. The first-order chi connectivity index (χ1) is 19.6. The maximum atomic E-state index is 4.75. The van der Waals surface area contributed by atoms with E-state index in [4.69, 9.17) is 9.97 Å². The summed E-state index contributed by atoms with van der Waals surface area (Å²) in [6.07, 6.45) is 13.8. The van der Waals surface area contributed by atoms with Crippen molar-refractivity contribution in [3.8, 4) is 22.6 Å². The van der Waals surface area contributed by atoms with E-state index in [9.17, 15) is 0 Å². The van der Waals surface area contributed by atoms with E-state index in [2.05, 4.69) is 67.1 Å². The lowest BCUT2D eigenvalue weighted by atomic mass is 9.87. The second-order valence-electron chi connectivity index (χ2n) is 11.2. The van der Waals surface area contributed by atoms with Gasteiger partial charge in [-0.2, -0.15) is 5.10 Å². The molecular formula is C31H35N9. The molecule has 1 aliphatic heterocycles. The van der Waals surface area contributed by atoms with Gasteiger partial charge >= 0.3 is 0 Å². The molecule has 40 heavy (non-hydrogen) atoms. The Labute approximate surface area is 233 Å². The molecule has 3 N–H and O–H groups in total. The second kappa shape index (κ2) is 10.4. The number of hydrogen-bond acceptors (Lipinski definition) is 7. The van der Waals surface area contributed by atoms with Crippen molar-refractivity contribution in [2.45, 2.75) is 32.1 Å². The molecule has 0 radical (unpaired) electrons. The molecule has 5 aromatic heterocycles. The lowest BCUT2D eigenvalue weighted by molar-refractivity contribution is 0.312. The van der Waals surface area contributed by atoms with Crippen molar-refractivity contribution in [1.82, 2.24) is 35.0 Å². The summed E-state index contributed by atoms with van der Waals surface area (Å²) in [5.41, 5.74) is 7.61. The van der Waals surface area contributed by atoms with Crippen molar-refractivity contribution in [3.63, 3.8) is 0 Å². The van der Waals surface area contributed by atoms with Crippen molar-refractivity contribution in [3.05, 3.63) is 61.3 Å². The Morgan fingerprint density at radius 1 is 0.950 bits per heavy atom. The Morgan fingerprint density at radius 3 is 2.65 bits per heavy atom. The molecule has 0 bridgehead atoms. The molecule has 9 heteroatoms. The Bertz CT molecular complexity index is 1670. The van der Waals surface area contributed by atoms with E-state index in [1.807, 2.05) is 30.9 Å². The van der Waals surface area contributed by atoms with Crippen LogP contribution in [0.15, 0.2) is 61.3 Å². The molecule has 0 atom stereocenters. The van der Waals surface area contributed by atoms with Crippen LogP contribution in [0.25, 0.3) is 44.5 Å². The number of nitrogens with one attached hydrogen (secondary N) is 3. The number of piperazine rings is 1. The lowest BCUT2D eigenvalue weighted by Crippen LogP contribution is -2.44. The van der Waals surface area contributed by atoms with Gasteiger partial charge in [-0.3, -0.25) is 15.1 Å². The first-order valence-corrected chi connectivity index (χ1v) is 14.3. The molecule has 9 nitrogen and oxygen atoms in total. The minimum Gasteiger partial charge on any atom is -0.358 e. The van der Waals surface area contributed by atoms with Crippen LogP contribution in [0.1, 0.15) is 32.1 Å². The van der Waals surface area contributed by atoms with Crippen LogP contribution in [-0.2, 0) is 0 Å². The minimum absolute atomic E-state index is 0.531. The Balaban J connectivity index is 1.19. The summed E-state index contributed by atoms with van der Waals surface area (Å²) >= 11 is 0. The minimum atomic E-state index is 0.531. The molecule has 6 heterocycles. The fraction of sp³-hybridized carbons (Fsp3) is 0.355. The van der Waals surface area contributed by atoms with E-state index in [-0.39, 0.29) is 0 Å². The average molecular weight is 534 g/mol. The lowest BCUT2D eigenvalue weighted by Gasteiger charge is -2.33. The van der Waals surface area contributed by atoms with Crippen LogP contribution in [0.4, 0.5) is 11.5 Å². The van der Waals surface area contributed by atoms with Gasteiger partial charge in [0.25, 0.3) is 0 Å². The smallest absolute Gasteiger partial charge is 0.138 e. The molecule has 0 amide bonds. The third-order valence-electron chi connectivity index (χ3n) is 8.47. The fourth-order valence-electron chi connectivity index (χ4n) is 6.10. The van der Waals surface area contributed by atoms with Crippen molar-refractivity contribution in [2.75, 3.05) is 43.4 Å². The quantitative estimate of drug-likeness (QED) is 0.253. The van der Waals surface area contributed by atoms with Crippen LogP contribution in [0.3, 0.4) is 0 Å². The number of hydrogen-bond donors (Lipinski definition) is 3. The first-order valence-electron chi connectivity index (χ1n) is 14.3. The highest BCUT2D eigenvalue weighted by Gasteiger charge is 2.20. The van der Waals surface area contributed by atoms with Gasteiger partial charge in [-0.05, 0) is 50.1 Å². The zero-order valence-electron chi connectivity index (χ0n) is 23.0. The summed E-state index contributed by atoms with van der Waals surface area (Å²) in [6, 6.07) is 8.40. The Kier molecular flexibility index (Phi) is 6.43. The topological polar surface area (TPSA) is 102 Å². The summed E-state index contributed by atoms with van der Waals surface area (Å²) in [5.74, 6) is 1.56. The highest BCUT2D eigenvalue weighted by atomic mass is 15.3. The van der Waals surface area contributed by atoms with Crippen molar-refractivity contribution >= 4 is 33.3 Å². The molecule has 2 fully saturated rings. The van der Waals surface area contributed by atoms with E-state index >= 15 is 0 Å². The van der Waals surface area contributed by atoms with Gasteiger partial charge in [-0.15, -0.1) is 0 Å². The second-order valence-corrected chi connectivity index (χ2v) is 11.2. The Morgan fingerprint density at radius 2 is 1.80 bits per heavy atom.